The van der Waals surface area contributed by atoms with Crippen LogP contribution in [-0.4, -0.2) is 35.9 Å². The van der Waals surface area contributed by atoms with Gasteiger partial charge in [0.25, 0.3) is 5.91 Å². The molecule has 1 rings (SSSR count). The Kier molecular flexibility index (Phi) is 6.12. The third-order valence-electron chi connectivity index (χ3n) is 2.77. The van der Waals surface area contributed by atoms with Gasteiger partial charge in [-0.05, 0) is 35.3 Å². The molecule has 1 heterocycles. The van der Waals surface area contributed by atoms with Crippen LogP contribution < -0.4 is 5.32 Å². The van der Waals surface area contributed by atoms with Gasteiger partial charge in [0.05, 0.1) is 5.56 Å². The zero-order chi connectivity index (χ0) is 13.5. The van der Waals surface area contributed by atoms with E-state index in [1.807, 2.05) is 17.9 Å². The van der Waals surface area contributed by atoms with Crippen LogP contribution in [0.4, 0.5) is 5.82 Å². The predicted molar refractivity (Wildman–Crippen MR) is 78.0 cm³/mol. The number of hydrogen-bond acceptors (Lipinski definition) is 3. The third-order valence-corrected chi connectivity index (χ3v) is 3.21. The van der Waals surface area contributed by atoms with Crippen molar-refractivity contribution in [3.05, 3.63) is 22.3 Å². The van der Waals surface area contributed by atoms with E-state index in [2.05, 4.69) is 33.2 Å². The first-order chi connectivity index (χ1) is 8.63. The van der Waals surface area contributed by atoms with Crippen molar-refractivity contribution in [3.63, 3.8) is 0 Å². The summed E-state index contributed by atoms with van der Waals surface area (Å²) in [5.74, 6) is 0.655. The predicted octanol–water partition coefficient (Wildman–Crippen LogP) is 3.15. The van der Waals surface area contributed by atoms with E-state index >= 15 is 0 Å². The first kappa shape index (κ1) is 15.0. The minimum atomic E-state index is 0.0316. The minimum Gasteiger partial charge on any atom is -0.372 e. The topological polar surface area (TPSA) is 45.2 Å². The van der Waals surface area contributed by atoms with E-state index in [1.165, 1.54) is 0 Å². The van der Waals surface area contributed by atoms with E-state index in [9.17, 15) is 4.79 Å². The molecule has 0 aliphatic rings. The summed E-state index contributed by atoms with van der Waals surface area (Å²) in [6, 6.07) is 1.82. The van der Waals surface area contributed by atoms with Crippen molar-refractivity contribution < 1.29 is 4.79 Å². The number of carbonyl (C=O) groups is 1. The first-order valence-corrected chi connectivity index (χ1v) is 7.05. The molecule has 0 bridgehead atoms. The van der Waals surface area contributed by atoms with Crippen LogP contribution in [0.1, 0.15) is 37.0 Å². The number of aromatic nitrogens is 1. The molecule has 0 radical (unpaired) electrons. The fourth-order valence-electron chi connectivity index (χ4n) is 1.72. The van der Waals surface area contributed by atoms with E-state index in [4.69, 9.17) is 0 Å². The molecule has 0 aromatic carbocycles. The van der Waals surface area contributed by atoms with Gasteiger partial charge >= 0.3 is 0 Å². The number of nitrogens with zero attached hydrogens (tertiary/aromatic N) is 2. The van der Waals surface area contributed by atoms with Crippen LogP contribution in [0.15, 0.2) is 16.7 Å². The molecule has 1 aromatic heterocycles. The fraction of sp³-hybridized carbons (Fsp3) is 0.538. The molecule has 0 fully saturated rings. The maximum absolute atomic E-state index is 12.4. The molecular weight excluding hydrogens is 294 g/mol. The first-order valence-electron chi connectivity index (χ1n) is 6.26. The Labute approximate surface area is 117 Å². The summed E-state index contributed by atoms with van der Waals surface area (Å²) in [5.41, 5.74) is 0.616. The number of carbonyl (C=O) groups excluding carboxylic acids is 1. The molecule has 0 saturated carbocycles. The highest BCUT2D eigenvalue weighted by Gasteiger charge is 2.18. The van der Waals surface area contributed by atoms with E-state index < -0.39 is 0 Å². The normalized spacial score (nSPS) is 10.2. The number of amides is 1. The van der Waals surface area contributed by atoms with Gasteiger partial charge in [-0.3, -0.25) is 4.79 Å². The fourth-order valence-corrected chi connectivity index (χ4v) is 2.06. The molecule has 0 aliphatic carbocycles. The molecule has 0 unspecified atom stereocenters. The lowest BCUT2D eigenvalue weighted by Crippen LogP contribution is -2.32. The number of halogens is 1. The van der Waals surface area contributed by atoms with Crippen LogP contribution in [0, 0.1) is 0 Å². The van der Waals surface area contributed by atoms with Crippen LogP contribution in [0.3, 0.4) is 0 Å². The Morgan fingerprint density at radius 2 is 2.22 bits per heavy atom. The zero-order valence-electron chi connectivity index (χ0n) is 11.2. The van der Waals surface area contributed by atoms with E-state index in [0.29, 0.717) is 17.9 Å². The van der Waals surface area contributed by atoms with Crippen molar-refractivity contribution in [2.24, 2.45) is 0 Å². The summed E-state index contributed by atoms with van der Waals surface area (Å²) in [7, 11) is 1.77. The van der Waals surface area contributed by atoms with Crippen molar-refractivity contribution in [2.45, 2.75) is 26.7 Å². The molecule has 1 aromatic rings. The van der Waals surface area contributed by atoms with Crippen LogP contribution in [0.2, 0.25) is 0 Å². The van der Waals surface area contributed by atoms with Gasteiger partial charge in [0.2, 0.25) is 0 Å². The molecular formula is C13H20BrN3O. The Hall–Kier alpha value is -1.10. The Balaban J connectivity index is 2.96. The van der Waals surface area contributed by atoms with Gasteiger partial charge in [0.1, 0.15) is 5.82 Å². The lowest BCUT2D eigenvalue weighted by molar-refractivity contribution is 0.0763. The number of unbranched alkanes of at least 4 members (excludes halogenated alkanes) is 1. The van der Waals surface area contributed by atoms with Crippen molar-refractivity contribution in [1.82, 2.24) is 9.88 Å². The summed E-state index contributed by atoms with van der Waals surface area (Å²) >= 11 is 3.36. The standard InChI is InChI=1S/C13H20BrN3O/c1-4-6-7-17(5-2)13(18)11-8-10(14)9-16-12(11)15-3/h8-9H,4-7H2,1-3H3,(H,15,16). The molecule has 1 amide bonds. The highest BCUT2D eigenvalue weighted by molar-refractivity contribution is 9.10. The minimum absolute atomic E-state index is 0.0316. The number of pyridine rings is 1. The van der Waals surface area contributed by atoms with E-state index in [-0.39, 0.29) is 5.91 Å². The number of hydrogen-bond donors (Lipinski definition) is 1. The average molecular weight is 314 g/mol. The molecule has 0 aliphatic heterocycles. The average Bonchev–Trinajstić information content (AvgIpc) is 2.39. The van der Waals surface area contributed by atoms with Crippen LogP contribution in [-0.2, 0) is 0 Å². The van der Waals surface area contributed by atoms with Crippen molar-refractivity contribution in [3.8, 4) is 0 Å². The second kappa shape index (κ2) is 7.36. The van der Waals surface area contributed by atoms with Crippen molar-refractivity contribution in [2.75, 3.05) is 25.5 Å². The molecule has 1 N–H and O–H groups in total. The molecule has 4 nitrogen and oxygen atoms in total. The van der Waals surface area contributed by atoms with E-state index in [0.717, 1.165) is 23.9 Å². The summed E-state index contributed by atoms with van der Waals surface area (Å²) in [5, 5.41) is 2.96. The molecule has 0 spiro atoms. The lowest BCUT2D eigenvalue weighted by atomic mass is 10.2. The summed E-state index contributed by atoms with van der Waals surface area (Å²) in [6.07, 6.45) is 3.79. The molecule has 100 valence electrons. The van der Waals surface area contributed by atoms with Gasteiger partial charge in [-0.2, -0.15) is 0 Å². The summed E-state index contributed by atoms with van der Waals surface area (Å²) in [6.45, 7) is 5.63. The van der Waals surface area contributed by atoms with Gasteiger partial charge < -0.3 is 10.2 Å². The zero-order valence-corrected chi connectivity index (χ0v) is 12.7. The van der Waals surface area contributed by atoms with Gasteiger partial charge in [-0.15, -0.1) is 0 Å². The number of nitrogens with one attached hydrogen (secondary N) is 1. The second-order valence-corrected chi connectivity index (χ2v) is 4.95. The van der Waals surface area contributed by atoms with Gasteiger partial charge in [-0.25, -0.2) is 4.98 Å². The third kappa shape index (κ3) is 3.70. The highest BCUT2D eigenvalue weighted by atomic mass is 79.9. The van der Waals surface area contributed by atoms with Crippen LogP contribution in [0.5, 0.6) is 0 Å². The molecule has 18 heavy (non-hydrogen) atoms. The molecule has 0 saturated heterocycles. The molecule has 5 heteroatoms. The highest BCUT2D eigenvalue weighted by Crippen LogP contribution is 2.19. The SMILES string of the molecule is CCCCN(CC)C(=O)c1cc(Br)cnc1NC. The van der Waals surface area contributed by atoms with Gasteiger partial charge in [0.15, 0.2) is 0 Å². The molecule has 0 atom stereocenters. The van der Waals surface area contributed by atoms with E-state index in [1.54, 1.807) is 13.2 Å². The maximum atomic E-state index is 12.4. The second-order valence-electron chi connectivity index (χ2n) is 4.04. The number of anilines is 1. The quantitative estimate of drug-likeness (QED) is 0.877. The van der Waals surface area contributed by atoms with Gasteiger partial charge in [0, 0.05) is 30.8 Å². The van der Waals surface area contributed by atoms with Crippen LogP contribution in [0.25, 0.3) is 0 Å². The Bertz CT molecular complexity index is 409. The lowest BCUT2D eigenvalue weighted by Gasteiger charge is -2.21. The monoisotopic (exact) mass is 313 g/mol. The summed E-state index contributed by atoms with van der Waals surface area (Å²) in [4.78, 5) is 18.5. The largest absolute Gasteiger partial charge is 0.372 e. The number of rotatable bonds is 6. The Morgan fingerprint density at radius 3 is 2.78 bits per heavy atom. The van der Waals surface area contributed by atoms with Crippen LogP contribution >= 0.6 is 15.9 Å². The van der Waals surface area contributed by atoms with Crippen molar-refractivity contribution in [1.29, 1.82) is 0 Å². The maximum Gasteiger partial charge on any atom is 0.257 e. The summed E-state index contributed by atoms with van der Waals surface area (Å²) < 4.78 is 0.816. The van der Waals surface area contributed by atoms with Gasteiger partial charge in [-0.1, -0.05) is 13.3 Å². The Morgan fingerprint density at radius 1 is 1.50 bits per heavy atom. The van der Waals surface area contributed by atoms with Crippen molar-refractivity contribution >= 4 is 27.7 Å². The smallest absolute Gasteiger partial charge is 0.257 e.